The Hall–Kier alpha value is -5.95. The Morgan fingerprint density at radius 1 is 0.597 bits per heavy atom. The highest BCUT2D eigenvalue weighted by Gasteiger charge is 2.23. The Labute approximate surface area is 363 Å². The van der Waals surface area contributed by atoms with Crippen LogP contribution in [0.3, 0.4) is 0 Å². The van der Waals surface area contributed by atoms with E-state index in [9.17, 15) is 33.6 Å². The Morgan fingerprint density at radius 3 is 1.76 bits per heavy atom. The molecule has 1 aliphatic rings. The van der Waals surface area contributed by atoms with Gasteiger partial charge in [0.1, 0.15) is 6.04 Å². The number of rotatable bonds is 30. The van der Waals surface area contributed by atoms with Gasteiger partial charge in [-0.05, 0) is 42.7 Å². The molecule has 0 saturated carbocycles. The van der Waals surface area contributed by atoms with E-state index in [1.54, 1.807) is 37.3 Å². The third-order valence-electron chi connectivity index (χ3n) is 8.54. The number of carbonyl (C=O) groups excluding carboxylic acids is 7. The van der Waals surface area contributed by atoms with Crippen molar-refractivity contribution in [2.75, 3.05) is 90.5 Å². The maximum atomic E-state index is 12.8. The molecule has 340 valence electrons. The molecule has 0 aliphatic carbocycles. The number of aryl methyl sites for hydroxylation is 1. The smallest absolute Gasteiger partial charge is 0.255 e. The number of likely N-dealkylation sites (N-methyl/N-ethyl adjacent to an activating group) is 1. The van der Waals surface area contributed by atoms with Crippen molar-refractivity contribution in [1.82, 2.24) is 31.9 Å². The van der Waals surface area contributed by atoms with Crippen molar-refractivity contribution in [3.63, 3.8) is 0 Å². The van der Waals surface area contributed by atoms with E-state index in [0.29, 0.717) is 71.3 Å². The van der Waals surface area contributed by atoms with E-state index in [0.717, 1.165) is 16.8 Å². The van der Waals surface area contributed by atoms with Crippen LogP contribution < -0.4 is 36.8 Å². The normalized spacial score (nSPS) is 12.1. The van der Waals surface area contributed by atoms with E-state index < -0.39 is 36.2 Å². The standard InChI is InChI=1S/C42H57N7O11.C2H6/c1-3-43-38(52)29-47-42(56)35(27-33-7-5-4-6-8-33)48-40(54)30-46-39(53)28-45-37(51)17-19-57-21-23-59-25-26-60-24-22-58-20-18-44-36(50)15-12-32-10-13-34(14-11-32)49-31(2)9-16-41(49)55;1-2/h4-11,13-14,16,35H,2-3,12,15,17-30H2,1H3,(H,43,52)(H,44,50)(H,45,51)(H,46,53)(H,47,56)(H,48,54);1-2H3. The van der Waals surface area contributed by atoms with Gasteiger partial charge in [-0.3, -0.25) is 38.5 Å². The molecule has 2 aromatic carbocycles. The Kier molecular flexibility index (Phi) is 26.8. The molecule has 1 aliphatic heterocycles. The summed E-state index contributed by atoms with van der Waals surface area (Å²) < 4.78 is 21.8. The van der Waals surface area contributed by atoms with Gasteiger partial charge >= 0.3 is 0 Å². The first-order valence-electron chi connectivity index (χ1n) is 20.8. The third kappa shape index (κ3) is 22.6. The SMILES string of the molecule is C=C1C=CC(=O)N1c1ccc(CCC(=O)NCCOCCOCCOCCOCCC(=O)NCC(=O)NCC(=O)NC(Cc2ccccc2)C(=O)NCC(=O)NCC)cc1.CC. The molecule has 6 N–H and O–H groups in total. The second-order valence-electron chi connectivity index (χ2n) is 13.2. The molecule has 0 fully saturated rings. The molecular formula is C44H63N7O11. The molecule has 18 nitrogen and oxygen atoms in total. The van der Waals surface area contributed by atoms with Crippen LogP contribution in [0.5, 0.6) is 0 Å². The van der Waals surface area contributed by atoms with Crippen molar-refractivity contribution < 1.29 is 52.5 Å². The lowest BCUT2D eigenvalue weighted by Crippen LogP contribution is -2.52. The fraction of sp³-hybridized carbons (Fsp3) is 0.477. The highest BCUT2D eigenvalue weighted by Crippen LogP contribution is 2.24. The van der Waals surface area contributed by atoms with Crippen molar-refractivity contribution in [3.05, 3.63) is 90.2 Å². The summed E-state index contributed by atoms with van der Waals surface area (Å²) in [6, 6.07) is 15.5. The van der Waals surface area contributed by atoms with E-state index in [2.05, 4.69) is 38.5 Å². The van der Waals surface area contributed by atoms with Gasteiger partial charge in [-0.1, -0.05) is 62.9 Å². The number of hydrogen-bond donors (Lipinski definition) is 6. The number of allylic oxidation sites excluding steroid dienone is 1. The van der Waals surface area contributed by atoms with Gasteiger partial charge in [0.25, 0.3) is 5.91 Å². The molecule has 7 amide bonds. The van der Waals surface area contributed by atoms with Crippen LogP contribution in [0.4, 0.5) is 5.69 Å². The largest absolute Gasteiger partial charge is 0.379 e. The number of benzene rings is 2. The summed E-state index contributed by atoms with van der Waals surface area (Å²) in [5.41, 5.74) is 3.13. The second kappa shape index (κ2) is 31.9. The zero-order chi connectivity index (χ0) is 45.4. The predicted octanol–water partition coefficient (Wildman–Crippen LogP) is 0.847. The Bertz CT molecular complexity index is 1720. The quantitative estimate of drug-likeness (QED) is 0.0603. The Morgan fingerprint density at radius 2 is 1.15 bits per heavy atom. The van der Waals surface area contributed by atoms with Gasteiger partial charge in [0.05, 0.1) is 72.5 Å². The Balaban J connectivity index is 0.00000651. The van der Waals surface area contributed by atoms with Crippen LogP contribution >= 0.6 is 0 Å². The molecule has 2 aromatic rings. The number of ether oxygens (including phenoxy) is 4. The van der Waals surface area contributed by atoms with E-state index in [4.69, 9.17) is 18.9 Å². The first-order chi connectivity index (χ1) is 30.0. The summed E-state index contributed by atoms with van der Waals surface area (Å²) in [6.45, 7) is 11.9. The minimum Gasteiger partial charge on any atom is -0.379 e. The number of hydrogen-bond acceptors (Lipinski definition) is 11. The van der Waals surface area contributed by atoms with Crippen LogP contribution in [0, 0.1) is 0 Å². The minimum atomic E-state index is -0.986. The zero-order valence-corrected chi connectivity index (χ0v) is 36.1. The highest BCUT2D eigenvalue weighted by atomic mass is 16.6. The van der Waals surface area contributed by atoms with Crippen LogP contribution in [-0.2, 0) is 65.4 Å². The van der Waals surface area contributed by atoms with Crippen LogP contribution in [-0.4, -0.2) is 133 Å². The van der Waals surface area contributed by atoms with Gasteiger partial charge in [-0.15, -0.1) is 0 Å². The number of nitrogens with one attached hydrogen (secondary N) is 6. The predicted molar refractivity (Wildman–Crippen MR) is 233 cm³/mol. The summed E-state index contributed by atoms with van der Waals surface area (Å²) in [4.78, 5) is 87.0. The van der Waals surface area contributed by atoms with Gasteiger partial charge in [-0.25, -0.2) is 0 Å². The molecule has 1 atom stereocenters. The topological polar surface area (TPSA) is 232 Å². The fourth-order valence-corrected chi connectivity index (χ4v) is 5.46. The lowest BCUT2D eigenvalue weighted by atomic mass is 10.1. The number of nitrogens with zero attached hydrogens (tertiary/aromatic N) is 1. The molecule has 1 unspecified atom stereocenters. The summed E-state index contributed by atoms with van der Waals surface area (Å²) >= 11 is 0. The van der Waals surface area contributed by atoms with Crippen LogP contribution in [0.15, 0.2) is 79.0 Å². The highest BCUT2D eigenvalue weighted by molar-refractivity contribution is 6.07. The molecule has 0 bridgehead atoms. The van der Waals surface area contributed by atoms with Crippen LogP contribution in [0.1, 0.15) is 44.7 Å². The van der Waals surface area contributed by atoms with E-state index in [1.807, 2.05) is 44.2 Å². The number of amides is 7. The maximum Gasteiger partial charge on any atom is 0.255 e. The summed E-state index contributed by atoms with van der Waals surface area (Å²) in [7, 11) is 0. The molecule has 1 heterocycles. The third-order valence-corrected chi connectivity index (χ3v) is 8.54. The van der Waals surface area contributed by atoms with E-state index in [1.165, 1.54) is 11.0 Å². The molecule has 3 rings (SSSR count). The van der Waals surface area contributed by atoms with Crippen LogP contribution in [0.2, 0.25) is 0 Å². The average Bonchev–Trinajstić information content (AvgIpc) is 3.62. The van der Waals surface area contributed by atoms with Crippen molar-refractivity contribution in [2.45, 2.75) is 52.5 Å². The fourth-order valence-electron chi connectivity index (χ4n) is 5.46. The lowest BCUT2D eigenvalue weighted by molar-refractivity contribution is -0.131. The van der Waals surface area contributed by atoms with Crippen LogP contribution in [0.25, 0.3) is 0 Å². The minimum absolute atomic E-state index is 0.0149. The van der Waals surface area contributed by atoms with Crippen molar-refractivity contribution in [3.8, 4) is 0 Å². The second-order valence-corrected chi connectivity index (χ2v) is 13.2. The van der Waals surface area contributed by atoms with Gasteiger partial charge in [0.15, 0.2) is 0 Å². The van der Waals surface area contributed by atoms with Crippen molar-refractivity contribution >= 4 is 47.0 Å². The van der Waals surface area contributed by atoms with Crippen molar-refractivity contribution in [1.29, 1.82) is 0 Å². The molecule has 18 heteroatoms. The van der Waals surface area contributed by atoms with E-state index >= 15 is 0 Å². The molecule has 62 heavy (non-hydrogen) atoms. The van der Waals surface area contributed by atoms with E-state index in [-0.39, 0.29) is 56.9 Å². The summed E-state index contributed by atoms with van der Waals surface area (Å²) in [6.07, 6.45) is 4.24. The lowest BCUT2D eigenvalue weighted by Gasteiger charge is -2.19. The van der Waals surface area contributed by atoms with Gasteiger partial charge < -0.3 is 50.8 Å². The molecular weight excluding hydrogens is 803 g/mol. The maximum absolute atomic E-state index is 12.8. The summed E-state index contributed by atoms with van der Waals surface area (Å²) in [5, 5.41) is 15.4. The molecule has 0 saturated heterocycles. The molecule has 0 spiro atoms. The summed E-state index contributed by atoms with van der Waals surface area (Å²) in [5.74, 6) is -2.75. The first kappa shape index (κ1) is 52.2. The molecule has 0 aromatic heterocycles. The van der Waals surface area contributed by atoms with Crippen molar-refractivity contribution in [2.24, 2.45) is 0 Å². The van der Waals surface area contributed by atoms with Gasteiger partial charge in [0, 0.05) is 49.8 Å². The zero-order valence-electron chi connectivity index (χ0n) is 36.1. The number of carbonyl (C=O) groups is 7. The van der Waals surface area contributed by atoms with Gasteiger partial charge in [0.2, 0.25) is 35.4 Å². The molecule has 0 radical (unpaired) electrons. The number of anilines is 1. The monoisotopic (exact) mass is 865 g/mol. The first-order valence-corrected chi connectivity index (χ1v) is 20.8. The van der Waals surface area contributed by atoms with Gasteiger partial charge in [-0.2, -0.15) is 0 Å². The average molecular weight is 866 g/mol.